The van der Waals surface area contributed by atoms with Crippen molar-refractivity contribution in [1.82, 2.24) is 24.9 Å². The van der Waals surface area contributed by atoms with Crippen LogP contribution in [0.4, 0.5) is 4.39 Å². The van der Waals surface area contributed by atoms with Crippen LogP contribution in [0.1, 0.15) is 21.7 Å². The third-order valence-corrected chi connectivity index (χ3v) is 2.97. The number of amides is 1. The fraction of sp³-hybridized carbons (Fsp3) is 0.143. The highest BCUT2D eigenvalue weighted by atomic mass is 19.1. The summed E-state index contributed by atoms with van der Waals surface area (Å²) in [6.07, 6.45) is 4.33. The lowest BCUT2D eigenvalue weighted by Gasteiger charge is -2.03. The number of nitrogens with zero attached hydrogens (tertiary/aromatic N) is 4. The topological polar surface area (TPSA) is 72.2 Å². The molecule has 6 nitrogen and oxygen atoms in total. The van der Waals surface area contributed by atoms with Crippen LogP contribution in [-0.2, 0) is 6.54 Å². The van der Waals surface area contributed by atoms with E-state index in [1.807, 2.05) is 13.0 Å². The third kappa shape index (κ3) is 2.71. The summed E-state index contributed by atoms with van der Waals surface area (Å²) in [6, 6.07) is 4.63. The maximum atomic E-state index is 12.8. The van der Waals surface area contributed by atoms with Gasteiger partial charge in [-0.2, -0.15) is 5.10 Å². The average Bonchev–Trinajstić information content (AvgIpc) is 2.89. The van der Waals surface area contributed by atoms with E-state index < -0.39 is 5.82 Å². The number of carbonyl (C=O) groups excluding carboxylic acids is 1. The van der Waals surface area contributed by atoms with Crippen LogP contribution in [0.15, 0.2) is 36.8 Å². The lowest BCUT2D eigenvalue weighted by molar-refractivity contribution is 0.0952. The molecular weight excluding hydrogens is 273 g/mol. The van der Waals surface area contributed by atoms with Gasteiger partial charge in [-0.3, -0.25) is 9.78 Å². The molecule has 0 spiro atoms. The fourth-order valence-corrected chi connectivity index (χ4v) is 1.90. The minimum atomic E-state index is -0.410. The Morgan fingerprint density at radius 2 is 2.19 bits per heavy atom. The lowest BCUT2D eigenvalue weighted by atomic mass is 10.3. The Bertz CT molecular complexity index is 797. The second-order valence-electron chi connectivity index (χ2n) is 4.55. The lowest BCUT2D eigenvalue weighted by Crippen LogP contribution is -2.23. The van der Waals surface area contributed by atoms with Crippen molar-refractivity contribution in [3.05, 3.63) is 59.6 Å². The fourth-order valence-electron chi connectivity index (χ4n) is 1.90. The second kappa shape index (κ2) is 5.28. The Balaban J connectivity index is 1.78. The number of hydrogen-bond donors (Lipinski definition) is 1. The van der Waals surface area contributed by atoms with E-state index in [9.17, 15) is 9.18 Å². The van der Waals surface area contributed by atoms with Crippen molar-refractivity contribution in [2.45, 2.75) is 13.5 Å². The molecule has 3 aromatic rings. The number of hydrogen-bond acceptors (Lipinski definition) is 4. The Kier molecular flexibility index (Phi) is 3.31. The maximum absolute atomic E-state index is 12.8. The smallest absolute Gasteiger partial charge is 0.257 e. The number of aromatic nitrogens is 4. The number of carbonyl (C=O) groups is 1. The van der Waals surface area contributed by atoms with Gasteiger partial charge in [-0.1, -0.05) is 0 Å². The average molecular weight is 285 g/mol. The highest BCUT2D eigenvalue weighted by Gasteiger charge is 2.13. The van der Waals surface area contributed by atoms with Crippen molar-refractivity contribution in [2.24, 2.45) is 0 Å². The molecule has 1 amide bonds. The molecule has 3 heterocycles. The zero-order valence-electron chi connectivity index (χ0n) is 11.2. The molecule has 0 aliphatic rings. The molecule has 7 heteroatoms. The van der Waals surface area contributed by atoms with Crippen LogP contribution in [0.5, 0.6) is 0 Å². The van der Waals surface area contributed by atoms with Crippen molar-refractivity contribution in [2.75, 3.05) is 0 Å². The molecule has 3 aromatic heterocycles. The standard InChI is InChI=1S/C14H12FN5O/c1-9-4-5-20-13(19-9)12(8-18-20)14(21)17-7-11-3-2-10(15)6-16-11/h2-6,8H,7H2,1H3,(H,17,21). The van der Waals surface area contributed by atoms with Gasteiger partial charge in [0.15, 0.2) is 5.65 Å². The first-order chi connectivity index (χ1) is 10.1. The quantitative estimate of drug-likeness (QED) is 0.791. The molecule has 0 bridgehead atoms. The first kappa shape index (κ1) is 13.2. The van der Waals surface area contributed by atoms with E-state index in [1.54, 1.807) is 6.20 Å². The molecule has 0 atom stereocenters. The first-order valence-electron chi connectivity index (χ1n) is 6.33. The van der Waals surface area contributed by atoms with Crippen LogP contribution >= 0.6 is 0 Å². The predicted octanol–water partition coefficient (Wildman–Crippen LogP) is 1.50. The van der Waals surface area contributed by atoms with Gasteiger partial charge in [0, 0.05) is 11.9 Å². The monoisotopic (exact) mass is 285 g/mol. The highest BCUT2D eigenvalue weighted by Crippen LogP contribution is 2.09. The Morgan fingerprint density at radius 1 is 1.33 bits per heavy atom. The number of nitrogens with one attached hydrogen (secondary N) is 1. The summed E-state index contributed by atoms with van der Waals surface area (Å²) in [5, 5.41) is 6.79. The van der Waals surface area contributed by atoms with E-state index in [4.69, 9.17) is 0 Å². The van der Waals surface area contributed by atoms with Crippen LogP contribution in [0.2, 0.25) is 0 Å². The molecule has 1 N–H and O–H groups in total. The summed E-state index contributed by atoms with van der Waals surface area (Å²) >= 11 is 0. The van der Waals surface area contributed by atoms with Crippen LogP contribution in [0.3, 0.4) is 0 Å². The van der Waals surface area contributed by atoms with Crippen molar-refractivity contribution in [3.8, 4) is 0 Å². The van der Waals surface area contributed by atoms with E-state index in [1.165, 1.54) is 22.8 Å². The van der Waals surface area contributed by atoms with Gasteiger partial charge in [-0.15, -0.1) is 0 Å². The zero-order chi connectivity index (χ0) is 14.8. The van der Waals surface area contributed by atoms with Crippen molar-refractivity contribution >= 4 is 11.6 Å². The van der Waals surface area contributed by atoms with Crippen LogP contribution in [0, 0.1) is 12.7 Å². The maximum Gasteiger partial charge on any atom is 0.257 e. The molecule has 0 unspecified atom stereocenters. The molecule has 3 rings (SSSR count). The summed E-state index contributed by atoms with van der Waals surface area (Å²) in [5.41, 5.74) is 2.27. The summed E-state index contributed by atoms with van der Waals surface area (Å²) in [7, 11) is 0. The Labute approximate surface area is 119 Å². The van der Waals surface area contributed by atoms with Gasteiger partial charge in [-0.25, -0.2) is 13.9 Å². The van der Waals surface area contributed by atoms with Gasteiger partial charge >= 0.3 is 0 Å². The van der Waals surface area contributed by atoms with Crippen molar-refractivity contribution in [3.63, 3.8) is 0 Å². The second-order valence-corrected chi connectivity index (χ2v) is 4.55. The van der Waals surface area contributed by atoms with E-state index in [0.717, 1.165) is 11.9 Å². The number of aryl methyl sites for hydroxylation is 1. The molecular formula is C14H12FN5O. The van der Waals surface area contributed by atoms with Crippen molar-refractivity contribution < 1.29 is 9.18 Å². The summed E-state index contributed by atoms with van der Waals surface area (Å²) in [5.74, 6) is -0.707. The van der Waals surface area contributed by atoms with Gasteiger partial charge < -0.3 is 5.32 Å². The molecule has 0 saturated heterocycles. The molecule has 106 valence electrons. The third-order valence-electron chi connectivity index (χ3n) is 2.97. The van der Waals surface area contributed by atoms with Gasteiger partial charge in [-0.05, 0) is 25.1 Å². The molecule has 21 heavy (non-hydrogen) atoms. The van der Waals surface area contributed by atoms with Crippen LogP contribution in [-0.4, -0.2) is 25.5 Å². The molecule has 0 aliphatic heterocycles. The normalized spacial score (nSPS) is 10.8. The molecule has 0 aliphatic carbocycles. The van der Waals surface area contributed by atoms with E-state index in [2.05, 4.69) is 20.4 Å². The summed E-state index contributed by atoms with van der Waals surface area (Å²) in [6.45, 7) is 2.05. The summed E-state index contributed by atoms with van der Waals surface area (Å²) in [4.78, 5) is 20.3. The van der Waals surface area contributed by atoms with Crippen LogP contribution in [0.25, 0.3) is 5.65 Å². The van der Waals surface area contributed by atoms with Crippen molar-refractivity contribution in [1.29, 1.82) is 0 Å². The number of rotatable bonds is 3. The van der Waals surface area contributed by atoms with Gasteiger partial charge in [0.1, 0.15) is 11.4 Å². The van der Waals surface area contributed by atoms with Gasteiger partial charge in [0.25, 0.3) is 5.91 Å². The Morgan fingerprint density at radius 3 is 2.95 bits per heavy atom. The Hall–Kier alpha value is -2.83. The number of halogens is 1. The van der Waals surface area contributed by atoms with E-state index in [0.29, 0.717) is 16.9 Å². The molecule has 0 saturated carbocycles. The molecule has 0 aromatic carbocycles. The van der Waals surface area contributed by atoms with Gasteiger partial charge in [0.05, 0.1) is 24.6 Å². The number of fused-ring (bicyclic) bond motifs is 1. The molecule has 0 fully saturated rings. The largest absolute Gasteiger partial charge is 0.346 e. The van der Waals surface area contributed by atoms with Crippen LogP contribution < -0.4 is 5.32 Å². The predicted molar refractivity (Wildman–Crippen MR) is 73.1 cm³/mol. The van der Waals surface area contributed by atoms with Gasteiger partial charge in [0.2, 0.25) is 0 Å². The summed E-state index contributed by atoms with van der Waals surface area (Å²) < 4.78 is 14.3. The minimum Gasteiger partial charge on any atom is -0.346 e. The zero-order valence-corrected chi connectivity index (χ0v) is 11.2. The number of pyridine rings is 1. The minimum absolute atomic E-state index is 0.211. The first-order valence-corrected chi connectivity index (χ1v) is 6.33. The van der Waals surface area contributed by atoms with E-state index >= 15 is 0 Å². The van der Waals surface area contributed by atoms with E-state index in [-0.39, 0.29) is 12.5 Å². The highest BCUT2D eigenvalue weighted by molar-refractivity contribution is 5.99. The SMILES string of the molecule is Cc1ccn2ncc(C(=O)NCc3ccc(F)cn3)c2n1. The molecule has 0 radical (unpaired) electrons.